The summed E-state index contributed by atoms with van der Waals surface area (Å²) in [5.41, 5.74) is 17.1. The van der Waals surface area contributed by atoms with E-state index in [9.17, 15) is 0 Å². The molecule has 1 unspecified atom stereocenters. The lowest BCUT2D eigenvalue weighted by Gasteiger charge is -2.40. The van der Waals surface area contributed by atoms with E-state index in [0.29, 0.717) is 0 Å². The van der Waals surface area contributed by atoms with E-state index in [-0.39, 0.29) is 0 Å². The van der Waals surface area contributed by atoms with Crippen molar-refractivity contribution in [1.29, 1.82) is 0 Å². The number of furan rings is 1. The molecule has 1 aliphatic carbocycles. The quantitative estimate of drug-likeness (QED) is 0.178. The minimum Gasteiger partial charge on any atom is -0.454 e. The third-order valence-corrected chi connectivity index (χ3v) is 13.9. The summed E-state index contributed by atoms with van der Waals surface area (Å²) in [5, 5.41) is 9.70. The predicted octanol–water partition coefficient (Wildman–Crippen LogP) is 15.4. The summed E-state index contributed by atoms with van der Waals surface area (Å²) in [6.45, 7) is 2.22. The molecule has 284 valence electrons. The van der Waals surface area contributed by atoms with Crippen LogP contribution in [-0.4, -0.2) is 4.57 Å². The number of fused-ring (bicyclic) bond motifs is 19. The van der Waals surface area contributed by atoms with Crippen molar-refractivity contribution in [2.75, 3.05) is 4.90 Å². The molecule has 0 saturated carbocycles. The second-order valence-electron chi connectivity index (χ2n) is 16.8. The molecule has 1 aliphatic heterocycles. The fraction of sp³-hybridized carbons (Fsp3) is 0.0345. The molecule has 3 nitrogen and oxygen atoms in total. The molecule has 0 N–H and O–H groups in total. The molecule has 1 spiro atoms. The SMILES string of the molecule is Cc1ccccc1N(c1cc2c(c3ccccc13)-c1c(ccc3ccccc13)C21c2ccccc2-n2c3ccccc3c3cccc1c32)c1cccc2c1oc1ccccc12. The van der Waals surface area contributed by atoms with E-state index in [2.05, 4.69) is 217 Å². The molecule has 10 aromatic carbocycles. The molecular weight excluding hydrogens is 741 g/mol. The molecular formula is C58H36N2O. The molecule has 0 fully saturated rings. The van der Waals surface area contributed by atoms with Crippen molar-refractivity contribution in [3.8, 4) is 16.8 Å². The number of rotatable bonds is 3. The van der Waals surface area contributed by atoms with Gasteiger partial charge in [-0.25, -0.2) is 0 Å². The topological polar surface area (TPSA) is 21.3 Å². The van der Waals surface area contributed by atoms with Gasteiger partial charge >= 0.3 is 0 Å². The largest absolute Gasteiger partial charge is 0.454 e. The fourth-order valence-corrected chi connectivity index (χ4v) is 11.5. The Bertz CT molecular complexity index is 3870. The average molecular weight is 777 g/mol. The van der Waals surface area contributed by atoms with E-state index in [4.69, 9.17) is 4.42 Å². The zero-order chi connectivity index (χ0) is 40.0. The van der Waals surface area contributed by atoms with E-state index >= 15 is 0 Å². The zero-order valence-electron chi connectivity index (χ0n) is 33.4. The van der Waals surface area contributed by atoms with Gasteiger partial charge in [0.25, 0.3) is 0 Å². The van der Waals surface area contributed by atoms with Crippen molar-refractivity contribution in [2.45, 2.75) is 12.3 Å². The smallest absolute Gasteiger partial charge is 0.159 e. The lowest BCUT2D eigenvalue weighted by Crippen LogP contribution is -2.33. The molecule has 3 heteroatoms. The van der Waals surface area contributed by atoms with Gasteiger partial charge in [0.1, 0.15) is 5.58 Å². The van der Waals surface area contributed by atoms with Crippen LogP contribution in [-0.2, 0) is 5.41 Å². The molecule has 14 rings (SSSR count). The Morgan fingerprint density at radius 2 is 1.07 bits per heavy atom. The van der Waals surface area contributed by atoms with Crippen molar-refractivity contribution in [2.24, 2.45) is 0 Å². The number of nitrogens with zero attached hydrogens (tertiary/aromatic N) is 2. The van der Waals surface area contributed by atoms with Crippen LogP contribution in [0.3, 0.4) is 0 Å². The van der Waals surface area contributed by atoms with Gasteiger partial charge in [0.2, 0.25) is 0 Å². The predicted molar refractivity (Wildman–Crippen MR) is 253 cm³/mol. The van der Waals surface area contributed by atoms with Crippen molar-refractivity contribution in [3.05, 3.63) is 228 Å². The maximum absolute atomic E-state index is 6.87. The van der Waals surface area contributed by atoms with Crippen LogP contribution < -0.4 is 4.90 Å². The number of aromatic nitrogens is 1. The summed E-state index contributed by atoms with van der Waals surface area (Å²) in [6.07, 6.45) is 0. The number of hydrogen-bond acceptors (Lipinski definition) is 2. The molecule has 12 aromatic rings. The van der Waals surface area contributed by atoms with Gasteiger partial charge < -0.3 is 13.9 Å². The van der Waals surface area contributed by atoms with Gasteiger partial charge in [-0.2, -0.15) is 0 Å². The van der Waals surface area contributed by atoms with Gasteiger partial charge in [-0.05, 0) is 98.4 Å². The molecule has 2 aliphatic rings. The van der Waals surface area contributed by atoms with Crippen LogP contribution in [0.25, 0.3) is 82.1 Å². The van der Waals surface area contributed by atoms with Gasteiger partial charge in [-0.3, -0.25) is 0 Å². The Hall–Kier alpha value is -7.88. The van der Waals surface area contributed by atoms with Crippen LogP contribution in [0.1, 0.15) is 27.8 Å². The Morgan fingerprint density at radius 3 is 1.97 bits per heavy atom. The lowest BCUT2D eigenvalue weighted by molar-refractivity contribution is 0.669. The highest BCUT2D eigenvalue weighted by molar-refractivity contribution is 6.19. The summed E-state index contributed by atoms with van der Waals surface area (Å²) in [5.74, 6) is 0. The van der Waals surface area contributed by atoms with Gasteiger partial charge in [0.05, 0.1) is 33.5 Å². The summed E-state index contributed by atoms with van der Waals surface area (Å²) in [7, 11) is 0. The first kappa shape index (κ1) is 33.0. The Morgan fingerprint density at radius 1 is 0.426 bits per heavy atom. The van der Waals surface area contributed by atoms with Crippen molar-refractivity contribution < 1.29 is 4.42 Å². The summed E-state index contributed by atoms with van der Waals surface area (Å²) < 4.78 is 9.40. The van der Waals surface area contributed by atoms with E-state index in [1.54, 1.807) is 0 Å². The summed E-state index contributed by atoms with van der Waals surface area (Å²) in [6, 6.07) is 74.2. The normalized spacial score (nSPS) is 15.0. The fourth-order valence-electron chi connectivity index (χ4n) is 11.5. The maximum atomic E-state index is 6.87. The molecule has 1 atom stereocenters. The summed E-state index contributed by atoms with van der Waals surface area (Å²) >= 11 is 0. The first-order valence-corrected chi connectivity index (χ1v) is 21.2. The number of aryl methyl sites for hydroxylation is 1. The number of anilines is 3. The standard InChI is InChI=1S/C58H36N2O/c1-35-16-2-10-27-48(35)59(51-30-15-24-43-40-21-8-13-31-53(40)61-57(43)51)52-34-47-55(41-22-6-5-19-38(41)52)54-37-18-4-3-17-36(37)32-33-45(54)58(47)44-25-9-12-29-50(44)60-49-28-11-7-20-39(49)42-23-14-26-46(58)56(42)60/h2-34H,1H3. The number of para-hydroxylation sites is 6. The monoisotopic (exact) mass is 776 g/mol. The molecule has 0 radical (unpaired) electrons. The molecule has 0 bridgehead atoms. The van der Waals surface area contributed by atoms with Crippen LogP contribution >= 0.6 is 0 Å². The second kappa shape index (κ2) is 11.9. The van der Waals surface area contributed by atoms with Crippen LogP contribution in [0.15, 0.2) is 205 Å². The first-order chi connectivity index (χ1) is 30.2. The average Bonchev–Trinajstić information content (AvgIpc) is 3.97. The van der Waals surface area contributed by atoms with Crippen molar-refractivity contribution >= 4 is 82.4 Å². The number of hydrogen-bond donors (Lipinski definition) is 0. The lowest BCUT2D eigenvalue weighted by atomic mass is 9.65. The third-order valence-electron chi connectivity index (χ3n) is 13.9. The minimum absolute atomic E-state index is 0.642. The van der Waals surface area contributed by atoms with E-state index in [1.165, 1.54) is 88.0 Å². The van der Waals surface area contributed by atoms with Gasteiger partial charge in [-0.15, -0.1) is 0 Å². The van der Waals surface area contributed by atoms with E-state index < -0.39 is 5.41 Å². The van der Waals surface area contributed by atoms with Gasteiger partial charge in [0, 0.05) is 32.6 Å². The second-order valence-corrected chi connectivity index (χ2v) is 16.8. The van der Waals surface area contributed by atoms with Gasteiger partial charge in [-0.1, -0.05) is 164 Å². The van der Waals surface area contributed by atoms with Crippen LogP contribution in [0.5, 0.6) is 0 Å². The Kier molecular flexibility index (Phi) is 6.42. The Labute approximate surface area is 351 Å². The summed E-state index contributed by atoms with van der Waals surface area (Å²) in [4.78, 5) is 2.48. The molecule has 2 aromatic heterocycles. The van der Waals surface area contributed by atoms with Crippen molar-refractivity contribution in [1.82, 2.24) is 4.57 Å². The number of benzene rings is 10. The van der Waals surface area contributed by atoms with E-state index in [1.807, 2.05) is 0 Å². The highest BCUT2D eigenvalue weighted by Crippen LogP contribution is 2.64. The van der Waals surface area contributed by atoms with Crippen LogP contribution in [0, 0.1) is 6.92 Å². The van der Waals surface area contributed by atoms with E-state index in [0.717, 1.165) is 39.0 Å². The molecule has 0 amide bonds. The highest BCUT2D eigenvalue weighted by Gasteiger charge is 2.52. The molecule has 0 saturated heterocycles. The molecule has 3 heterocycles. The van der Waals surface area contributed by atoms with Crippen LogP contribution in [0.2, 0.25) is 0 Å². The van der Waals surface area contributed by atoms with Crippen LogP contribution in [0.4, 0.5) is 17.1 Å². The Balaban J connectivity index is 1.20. The molecule has 61 heavy (non-hydrogen) atoms. The first-order valence-electron chi connectivity index (χ1n) is 21.2. The maximum Gasteiger partial charge on any atom is 0.159 e. The van der Waals surface area contributed by atoms with Gasteiger partial charge in [0.15, 0.2) is 5.58 Å². The zero-order valence-corrected chi connectivity index (χ0v) is 33.4. The third kappa shape index (κ3) is 4.08. The highest BCUT2D eigenvalue weighted by atomic mass is 16.3. The van der Waals surface area contributed by atoms with Crippen molar-refractivity contribution in [3.63, 3.8) is 0 Å². The minimum atomic E-state index is -0.642.